The van der Waals surface area contributed by atoms with Crippen LogP contribution in [-0.4, -0.2) is 36.6 Å². The van der Waals surface area contributed by atoms with Gasteiger partial charge in [0.2, 0.25) is 0 Å². The van der Waals surface area contributed by atoms with Crippen LogP contribution in [0, 0.1) is 5.41 Å². The lowest BCUT2D eigenvalue weighted by Crippen LogP contribution is -2.44. The summed E-state index contributed by atoms with van der Waals surface area (Å²) in [6, 6.07) is 18.2. The molecule has 0 aromatic heterocycles. The summed E-state index contributed by atoms with van der Waals surface area (Å²) < 4.78 is 11.3. The molecule has 0 radical (unpaired) electrons. The topological polar surface area (TPSA) is 58.9 Å². The van der Waals surface area contributed by atoms with Crippen LogP contribution in [0.25, 0.3) is 11.1 Å². The van der Waals surface area contributed by atoms with E-state index >= 15 is 0 Å². The van der Waals surface area contributed by atoms with E-state index in [1.807, 2.05) is 42.5 Å². The molecule has 2 aromatic rings. The molecule has 1 aliphatic rings. The van der Waals surface area contributed by atoms with Crippen LogP contribution in [-0.2, 0) is 9.47 Å². The molecule has 0 amide bonds. The second kappa shape index (κ2) is 6.58. The number of aliphatic hydroxyl groups excluding tert-OH is 2. The molecular formula is C18H20O4. The van der Waals surface area contributed by atoms with Gasteiger partial charge in [-0.3, -0.25) is 0 Å². The standard InChI is InChI=1S/C18H20O4/c19-10-18(11-20)12-21-17(22-13-18)16-8-6-15(7-9-16)14-4-2-1-3-5-14/h1-9,17,19-20H,10-13H2. The van der Waals surface area contributed by atoms with Crippen molar-refractivity contribution in [3.8, 4) is 11.1 Å². The maximum absolute atomic E-state index is 9.34. The first-order valence-corrected chi connectivity index (χ1v) is 7.37. The Morgan fingerprint density at radius 2 is 1.36 bits per heavy atom. The van der Waals surface area contributed by atoms with Gasteiger partial charge >= 0.3 is 0 Å². The van der Waals surface area contributed by atoms with E-state index in [1.54, 1.807) is 0 Å². The molecule has 1 fully saturated rings. The second-order valence-corrected chi connectivity index (χ2v) is 5.76. The predicted molar refractivity (Wildman–Crippen MR) is 83.1 cm³/mol. The van der Waals surface area contributed by atoms with Gasteiger partial charge in [-0.15, -0.1) is 0 Å². The molecule has 0 atom stereocenters. The summed E-state index contributed by atoms with van der Waals surface area (Å²) in [4.78, 5) is 0. The average Bonchev–Trinajstić information content (AvgIpc) is 2.63. The number of benzene rings is 2. The number of ether oxygens (including phenoxy) is 2. The second-order valence-electron chi connectivity index (χ2n) is 5.76. The molecule has 0 saturated carbocycles. The number of aliphatic hydroxyl groups is 2. The van der Waals surface area contributed by atoms with Gasteiger partial charge in [0.15, 0.2) is 6.29 Å². The number of hydrogen-bond donors (Lipinski definition) is 2. The van der Waals surface area contributed by atoms with Gasteiger partial charge in [-0.25, -0.2) is 0 Å². The first-order chi connectivity index (χ1) is 10.8. The maximum Gasteiger partial charge on any atom is 0.183 e. The minimum absolute atomic E-state index is 0.150. The Labute approximate surface area is 129 Å². The monoisotopic (exact) mass is 300 g/mol. The third-order valence-electron chi connectivity index (χ3n) is 4.04. The van der Waals surface area contributed by atoms with Gasteiger partial charge in [0, 0.05) is 5.56 Å². The molecule has 1 aliphatic heterocycles. The largest absolute Gasteiger partial charge is 0.396 e. The van der Waals surface area contributed by atoms with Crippen LogP contribution in [0.2, 0.25) is 0 Å². The maximum atomic E-state index is 9.34. The van der Waals surface area contributed by atoms with Crippen molar-refractivity contribution in [3.63, 3.8) is 0 Å². The number of rotatable bonds is 4. The molecule has 1 saturated heterocycles. The lowest BCUT2D eigenvalue weighted by atomic mass is 9.91. The van der Waals surface area contributed by atoms with Gasteiger partial charge in [-0.1, -0.05) is 54.6 Å². The third kappa shape index (κ3) is 3.05. The third-order valence-corrected chi connectivity index (χ3v) is 4.04. The fourth-order valence-electron chi connectivity index (χ4n) is 2.48. The molecule has 3 rings (SSSR count). The van der Waals surface area contributed by atoms with Gasteiger partial charge in [0.1, 0.15) is 0 Å². The van der Waals surface area contributed by atoms with Crippen LogP contribution in [0.15, 0.2) is 54.6 Å². The van der Waals surface area contributed by atoms with Gasteiger partial charge in [0.05, 0.1) is 31.8 Å². The Morgan fingerprint density at radius 1 is 0.818 bits per heavy atom. The van der Waals surface area contributed by atoms with Crippen molar-refractivity contribution in [2.45, 2.75) is 6.29 Å². The zero-order valence-electron chi connectivity index (χ0n) is 12.3. The predicted octanol–water partition coefficient (Wildman–Crippen LogP) is 2.37. The zero-order valence-corrected chi connectivity index (χ0v) is 12.3. The van der Waals surface area contributed by atoms with E-state index in [-0.39, 0.29) is 26.4 Å². The highest BCUT2D eigenvalue weighted by atomic mass is 16.7. The van der Waals surface area contributed by atoms with Crippen LogP contribution in [0.4, 0.5) is 0 Å². The van der Waals surface area contributed by atoms with Crippen LogP contribution < -0.4 is 0 Å². The normalized spacial score (nSPS) is 18.3. The summed E-state index contributed by atoms with van der Waals surface area (Å²) >= 11 is 0. The van der Waals surface area contributed by atoms with E-state index in [0.29, 0.717) is 0 Å². The van der Waals surface area contributed by atoms with Gasteiger partial charge in [-0.2, -0.15) is 0 Å². The van der Waals surface area contributed by atoms with E-state index in [2.05, 4.69) is 12.1 Å². The molecular weight excluding hydrogens is 280 g/mol. The van der Waals surface area contributed by atoms with Gasteiger partial charge < -0.3 is 19.7 Å². The van der Waals surface area contributed by atoms with Crippen molar-refractivity contribution in [1.29, 1.82) is 0 Å². The SMILES string of the molecule is OCC1(CO)COC(c2ccc(-c3ccccc3)cc2)OC1. The average molecular weight is 300 g/mol. The summed E-state index contributed by atoms with van der Waals surface area (Å²) in [5, 5.41) is 18.7. The molecule has 2 aromatic carbocycles. The molecule has 0 unspecified atom stereocenters. The Kier molecular flexibility index (Phi) is 4.55. The highest BCUT2D eigenvalue weighted by Crippen LogP contribution is 2.32. The summed E-state index contributed by atoms with van der Waals surface area (Å²) in [6.07, 6.45) is -0.448. The van der Waals surface area contributed by atoms with E-state index in [4.69, 9.17) is 9.47 Å². The first kappa shape index (κ1) is 15.2. The van der Waals surface area contributed by atoms with Crippen molar-refractivity contribution in [2.75, 3.05) is 26.4 Å². The molecule has 2 N–H and O–H groups in total. The highest BCUT2D eigenvalue weighted by molar-refractivity contribution is 5.63. The Hall–Kier alpha value is -1.72. The molecule has 4 nitrogen and oxygen atoms in total. The highest BCUT2D eigenvalue weighted by Gasteiger charge is 2.36. The fraction of sp³-hybridized carbons (Fsp3) is 0.333. The van der Waals surface area contributed by atoms with Crippen molar-refractivity contribution in [2.24, 2.45) is 5.41 Å². The van der Waals surface area contributed by atoms with E-state index < -0.39 is 11.7 Å². The Morgan fingerprint density at radius 3 is 1.91 bits per heavy atom. The molecule has 116 valence electrons. The minimum Gasteiger partial charge on any atom is -0.396 e. The lowest BCUT2D eigenvalue weighted by Gasteiger charge is -2.37. The van der Waals surface area contributed by atoms with Gasteiger partial charge in [-0.05, 0) is 11.1 Å². The minimum atomic E-state index is -0.694. The van der Waals surface area contributed by atoms with Crippen LogP contribution in [0.1, 0.15) is 11.9 Å². The van der Waals surface area contributed by atoms with Crippen LogP contribution >= 0.6 is 0 Å². The zero-order chi connectivity index (χ0) is 15.4. The fourth-order valence-corrected chi connectivity index (χ4v) is 2.48. The molecule has 0 spiro atoms. The molecule has 0 aliphatic carbocycles. The molecule has 1 heterocycles. The summed E-state index contributed by atoms with van der Waals surface area (Å²) in [7, 11) is 0. The Bertz CT molecular complexity index is 580. The van der Waals surface area contributed by atoms with Crippen molar-refractivity contribution < 1.29 is 19.7 Å². The first-order valence-electron chi connectivity index (χ1n) is 7.37. The Balaban J connectivity index is 1.70. The summed E-state index contributed by atoms with van der Waals surface area (Å²) in [5.74, 6) is 0. The van der Waals surface area contributed by atoms with E-state index in [0.717, 1.165) is 11.1 Å². The molecule has 0 bridgehead atoms. The van der Waals surface area contributed by atoms with E-state index in [1.165, 1.54) is 5.56 Å². The van der Waals surface area contributed by atoms with Crippen molar-refractivity contribution >= 4 is 0 Å². The van der Waals surface area contributed by atoms with Crippen LogP contribution in [0.5, 0.6) is 0 Å². The van der Waals surface area contributed by atoms with Gasteiger partial charge in [0.25, 0.3) is 0 Å². The smallest absolute Gasteiger partial charge is 0.183 e. The van der Waals surface area contributed by atoms with E-state index in [9.17, 15) is 10.2 Å². The number of hydrogen-bond acceptors (Lipinski definition) is 4. The molecule has 4 heteroatoms. The van der Waals surface area contributed by atoms with Crippen molar-refractivity contribution in [1.82, 2.24) is 0 Å². The molecule has 22 heavy (non-hydrogen) atoms. The lowest BCUT2D eigenvalue weighted by molar-refractivity contribution is -0.248. The summed E-state index contributed by atoms with van der Waals surface area (Å²) in [6.45, 7) is 0.266. The van der Waals surface area contributed by atoms with Crippen LogP contribution in [0.3, 0.4) is 0 Å². The quantitative estimate of drug-likeness (QED) is 0.910. The summed E-state index contributed by atoms with van der Waals surface area (Å²) in [5.41, 5.74) is 2.55. The van der Waals surface area contributed by atoms with Crippen molar-refractivity contribution in [3.05, 3.63) is 60.2 Å².